The summed E-state index contributed by atoms with van der Waals surface area (Å²) in [5.74, 6) is 0.878. The second-order valence-electron chi connectivity index (χ2n) is 5.22. The smallest absolute Gasteiger partial charge is 0.0105 e. The van der Waals surface area contributed by atoms with Gasteiger partial charge in [-0.25, -0.2) is 0 Å². The van der Waals surface area contributed by atoms with Crippen molar-refractivity contribution < 1.29 is 0 Å². The Labute approximate surface area is 95.4 Å². The zero-order valence-corrected chi connectivity index (χ0v) is 10.9. The van der Waals surface area contributed by atoms with Crippen LogP contribution in [0, 0.1) is 5.92 Å². The van der Waals surface area contributed by atoms with E-state index in [-0.39, 0.29) is 0 Å². The Morgan fingerprint density at radius 3 is 2.33 bits per heavy atom. The van der Waals surface area contributed by atoms with Crippen LogP contribution < -0.4 is 5.32 Å². The molecule has 0 aromatic rings. The lowest BCUT2D eigenvalue weighted by Crippen LogP contribution is -2.33. The molecule has 1 aliphatic carbocycles. The SMILES string of the molecule is CCC(CC)CNC1CCC(N(C)C)C1. The van der Waals surface area contributed by atoms with Gasteiger partial charge in [-0.2, -0.15) is 0 Å². The van der Waals surface area contributed by atoms with Gasteiger partial charge >= 0.3 is 0 Å². The topological polar surface area (TPSA) is 15.3 Å². The molecule has 2 atom stereocenters. The maximum absolute atomic E-state index is 3.74. The zero-order valence-electron chi connectivity index (χ0n) is 10.9. The van der Waals surface area contributed by atoms with Gasteiger partial charge < -0.3 is 10.2 Å². The number of hydrogen-bond acceptors (Lipinski definition) is 2. The van der Waals surface area contributed by atoms with Crippen molar-refractivity contribution in [1.29, 1.82) is 0 Å². The lowest BCUT2D eigenvalue weighted by atomic mass is 10.0. The molecule has 2 unspecified atom stereocenters. The zero-order chi connectivity index (χ0) is 11.3. The maximum atomic E-state index is 3.74. The van der Waals surface area contributed by atoms with Gasteiger partial charge in [-0.3, -0.25) is 0 Å². The van der Waals surface area contributed by atoms with Crippen LogP contribution in [0.4, 0.5) is 0 Å². The van der Waals surface area contributed by atoms with E-state index in [0.29, 0.717) is 0 Å². The van der Waals surface area contributed by atoms with E-state index in [4.69, 9.17) is 0 Å². The van der Waals surface area contributed by atoms with E-state index in [0.717, 1.165) is 18.0 Å². The fourth-order valence-electron chi connectivity index (χ4n) is 2.52. The van der Waals surface area contributed by atoms with Crippen LogP contribution in [-0.2, 0) is 0 Å². The van der Waals surface area contributed by atoms with Crippen molar-refractivity contribution in [3.8, 4) is 0 Å². The van der Waals surface area contributed by atoms with Crippen molar-refractivity contribution in [2.24, 2.45) is 5.92 Å². The second-order valence-corrected chi connectivity index (χ2v) is 5.22. The molecular weight excluding hydrogens is 184 g/mol. The molecular formula is C13H28N2. The van der Waals surface area contributed by atoms with Gasteiger partial charge in [0.25, 0.3) is 0 Å². The van der Waals surface area contributed by atoms with Crippen molar-refractivity contribution in [3.63, 3.8) is 0 Å². The van der Waals surface area contributed by atoms with Crippen molar-refractivity contribution in [1.82, 2.24) is 10.2 Å². The summed E-state index contributed by atoms with van der Waals surface area (Å²) in [5.41, 5.74) is 0. The summed E-state index contributed by atoms with van der Waals surface area (Å²) in [4.78, 5) is 2.37. The molecule has 1 saturated carbocycles. The Balaban J connectivity index is 2.18. The van der Waals surface area contributed by atoms with Gasteiger partial charge in [-0.05, 0) is 45.8 Å². The van der Waals surface area contributed by atoms with Crippen molar-refractivity contribution in [2.75, 3.05) is 20.6 Å². The molecule has 0 aromatic heterocycles. The van der Waals surface area contributed by atoms with Crippen LogP contribution in [0.3, 0.4) is 0 Å². The normalized spacial score (nSPS) is 26.8. The highest BCUT2D eigenvalue weighted by Crippen LogP contribution is 2.22. The van der Waals surface area contributed by atoms with Gasteiger partial charge in [0, 0.05) is 12.1 Å². The van der Waals surface area contributed by atoms with E-state index < -0.39 is 0 Å². The predicted molar refractivity (Wildman–Crippen MR) is 67.2 cm³/mol. The summed E-state index contributed by atoms with van der Waals surface area (Å²) in [6.45, 7) is 5.82. The highest BCUT2D eigenvalue weighted by molar-refractivity contribution is 4.85. The van der Waals surface area contributed by atoms with Crippen LogP contribution in [0.25, 0.3) is 0 Å². The van der Waals surface area contributed by atoms with Gasteiger partial charge in [0.1, 0.15) is 0 Å². The quantitative estimate of drug-likeness (QED) is 0.728. The molecule has 1 N–H and O–H groups in total. The Hall–Kier alpha value is -0.0800. The Morgan fingerprint density at radius 1 is 1.20 bits per heavy atom. The highest BCUT2D eigenvalue weighted by Gasteiger charge is 2.25. The molecule has 1 rings (SSSR count). The summed E-state index contributed by atoms with van der Waals surface area (Å²) in [6, 6.07) is 1.59. The van der Waals surface area contributed by atoms with Crippen LogP contribution >= 0.6 is 0 Å². The Kier molecular flexibility index (Phi) is 5.62. The van der Waals surface area contributed by atoms with Gasteiger partial charge in [-0.1, -0.05) is 26.7 Å². The van der Waals surface area contributed by atoms with E-state index in [1.807, 2.05) is 0 Å². The molecule has 0 aliphatic heterocycles. The van der Waals surface area contributed by atoms with E-state index in [2.05, 4.69) is 38.2 Å². The fourth-order valence-corrected chi connectivity index (χ4v) is 2.52. The average molecular weight is 212 g/mol. The second kappa shape index (κ2) is 6.49. The van der Waals surface area contributed by atoms with Gasteiger partial charge in [0.05, 0.1) is 0 Å². The first-order chi connectivity index (χ1) is 7.17. The molecule has 2 nitrogen and oxygen atoms in total. The summed E-state index contributed by atoms with van der Waals surface area (Å²) in [5, 5.41) is 3.74. The molecule has 0 aromatic carbocycles. The molecule has 0 saturated heterocycles. The summed E-state index contributed by atoms with van der Waals surface area (Å²) >= 11 is 0. The minimum absolute atomic E-state index is 0.776. The molecule has 90 valence electrons. The number of rotatable bonds is 6. The lowest BCUT2D eigenvalue weighted by Gasteiger charge is -2.20. The summed E-state index contributed by atoms with van der Waals surface area (Å²) in [7, 11) is 4.40. The van der Waals surface area contributed by atoms with Gasteiger partial charge in [0.15, 0.2) is 0 Å². The third kappa shape index (κ3) is 4.12. The molecule has 0 bridgehead atoms. The number of nitrogens with zero attached hydrogens (tertiary/aromatic N) is 1. The molecule has 0 radical (unpaired) electrons. The first-order valence-electron chi connectivity index (χ1n) is 6.57. The van der Waals surface area contributed by atoms with E-state index >= 15 is 0 Å². The van der Waals surface area contributed by atoms with Crippen molar-refractivity contribution in [3.05, 3.63) is 0 Å². The minimum atomic E-state index is 0.776. The average Bonchev–Trinajstić information content (AvgIpc) is 2.68. The Bertz CT molecular complexity index is 164. The van der Waals surface area contributed by atoms with Crippen LogP contribution in [0.15, 0.2) is 0 Å². The summed E-state index contributed by atoms with van der Waals surface area (Å²) < 4.78 is 0. The molecule has 0 heterocycles. The summed E-state index contributed by atoms with van der Waals surface area (Å²) in [6.07, 6.45) is 6.70. The molecule has 0 amide bonds. The van der Waals surface area contributed by atoms with Gasteiger partial charge in [0.2, 0.25) is 0 Å². The molecule has 1 aliphatic rings. The van der Waals surface area contributed by atoms with Crippen LogP contribution in [0.5, 0.6) is 0 Å². The van der Waals surface area contributed by atoms with E-state index in [1.165, 1.54) is 38.6 Å². The molecule has 1 fully saturated rings. The largest absolute Gasteiger partial charge is 0.314 e. The standard InChI is InChI=1S/C13H28N2/c1-5-11(6-2)10-14-12-7-8-13(9-12)15(3)4/h11-14H,5-10H2,1-4H3. The molecule has 15 heavy (non-hydrogen) atoms. The van der Waals surface area contributed by atoms with E-state index in [9.17, 15) is 0 Å². The fraction of sp³-hybridized carbons (Fsp3) is 1.00. The van der Waals surface area contributed by atoms with E-state index in [1.54, 1.807) is 0 Å². The lowest BCUT2D eigenvalue weighted by molar-refractivity contribution is 0.291. The highest BCUT2D eigenvalue weighted by atomic mass is 15.1. The Morgan fingerprint density at radius 2 is 1.87 bits per heavy atom. The third-order valence-electron chi connectivity index (χ3n) is 3.99. The third-order valence-corrected chi connectivity index (χ3v) is 3.99. The van der Waals surface area contributed by atoms with Gasteiger partial charge in [-0.15, -0.1) is 0 Å². The van der Waals surface area contributed by atoms with Crippen LogP contribution in [0.2, 0.25) is 0 Å². The van der Waals surface area contributed by atoms with Crippen molar-refractivity contribution in [2.45, 2.75) is 58.0 Å². The van der Waals surface area contributed by atoms with Crippen LogP contribution in [-0.4, -0.2) is 37.6 Å². The van der Waals surface area contributed by atoms with Crippen LogP contribution in [0.1, 0.15) is 46.0 Å². The monoisotopic (exact) mass is 212 g/mol. The number of hydrogen-bond donors (Lipinski definition) is 1. The first-order valence-corrected chi connectivity index (χ1v) is 6.57. The molecule has 2 heteroatoms. The number of nitrogens with one attached hydrogen (secondary N) is 1. The maximum Gasteiger partial charge on any atom is 0.0105 e. The predicted octanol–water partition coefficient (Wildman–Crippen LogP) is 2.49. The first kappa shape index (κ1) is 13.0. The molecule has 0 spiro atoms. The minimum Gasteiger partial charge on any atom is -0.314 e. The van der Waals surface area contributed by atoms with Crippen molar-refractivity contribution >= 4 is 0 Å².